The number of nitro benzene ring substituents is 1. The van der Waals surface area contributed by atoms with Crippen LogP contribution in [0, 0.1) is 17.0 Å². The Balaban J connectivity index is 2.21. The zero-order valence-corrected chi connectivity index (χ0v) is 13.2. The van der Waals surface area contributed by atoms with E-state index in [9.17, 15) is 10.1 Å². The molecule has 0 fully saturated rings. The minimum Gasteiger partial charge on any atom is -0.493 e. The van der Waals surface area contributed by atoms with E-state index < -0.39 is 4.92 Å². The SMILES string of the molecule is COc1cc(C)ccc1OCc1cccc([N+](=O)[O-])c1Br. The van der Waals surface area contributed by atoms with E-state index in [1.165, 1.54) is 6.07 Å². The lowest BCUT2D eigenvalue weighted by molar-refractivity contribution is -0.385. The van der Waals surface area contributed by atoms with E-state index >= 15 is 0 Å². The van der Waals surface area contributed by atoms with Crippen LogP contribution in [-0.2, 0) is 6.61 Å². The maximum atomic E-state index is 10.9. The van der Waals surface area contributed by atoms with Gasteiger partial charge in [0.25, 0.3) is 5.69 Å². The summed E-state index contributed by atoms with van der Waals surface area (Å²) in [6.45, 7) is 2.17. The highest BCUT2D eigenvalue weighted by Gasteiger charge is 2.15. The first kappa shape index (κ1) is 15.3. The van der Waals surface area contributed by atoms with Crippen LogP contribution in [0.4, 0.5) is 5.69 Å². The van der Waals surface area contributed by atoms with Gasteiger partial charge in [-0.15, -0.1) is 0 Å². The number of rotatable bonds is 5. The molecule has 0 atom stereocenters. The lowest BCUT2D eigenvalue weighted by atomic mass is 10.2. The van der Waals surface area contributed by atoms with Crippen molar-refractivity contribution in [2.24, 2.45) is 0 Å². The smallest absolute Gasteiger partial charge is 0.283 e. The molecule has 5 nitrogen and oxygen atoms in total. The average molecular weight is 352 g/mol. The van der Waals surface area contributed by atoms with Gasteiger partial charge in [0.15, 0.2) is 11.5 Å². The van der Waals surface area contributed by atoms with Crippen molar-refractivity contribution in [3.8, 4) is 11.5 Å². The number of benzene rings is 2. The van der Waals surface area contributed by atoms with Crippen molar-refractivity contribution in [3.05, 3.63) is 62.1 Å². The lowest BCUT2D eigenvalue weighted by Gasteiger charge is -2.12. The molecule has 2 aromatic rings. The Labute approximate surface area is 130 Å². The van der Waals surface area contributed by atoms with Gasteiger partial charge in [-0.05, 0) is 40.5 Å². The highest BCUT2D eigenvalue weighted by Crippen LogP contribution is 2.32. The van der Waals surface area contributed by atoms with Crippen LogP contribution < -0.4 is 9.47 Å². The first-order chi connectivity index (χ1) is 10.0. The third kappa shape index (κ3) is 3.52. The van der Waals surface area contributed by atoms with Gasteiger partial charge in [-0.1, -0.05) is 18.2 Å². The van der Waals surface area contributed by atoms with Crippen molar-refractivity contribution in [1.29, 1.82) is 0 Å². The molecule has 2 aromatic carbocycles. The predicted octanol–water partition coefficient (Wildman–Crippen LogP) is 4.25. The number of hydrogen-bond donors (Lipinski definition) is 0. The number of hydrogen-bond acceptors (Lipinski definition) is 4. The summed E-state index contributed by atoms with van der Waals surface area (Å²) >= 11 is 3.25. The van der Waals surface area contributed by atoms with Gasteiger partial charge in [-0.25, -0.2) is 0 Å². The zero-order valence-electron chi connectivity index (χ0n) is 11.6. The first-order valence-corrected chi connectivity index (χ1v) is 7.01. The van der Waals surface area contributed by atoms with Gasteiger partial charge in [-0.2, -0.15) is 0 Å². The van der Waals surface area contributed by atoms with Crippen molar-refractivity contribution in [2.75, 3.05) is 7.11 Å². The molecular weight excluding hydrogens is 338 g/mol. The maximum absolute atomic E-state index is 10.9. The highest BCUT2D eigenvalue weighted by molar-refractivity contribution is 9.10. The van der Waals surface area contributed by atoms with Crippen molar-refractivity contribution in [2.45, 2.75) is 13.5 Å². The molecule has 0 radical (unpaired) electrons. The largest absolute Gasteiger partial charge is 0.493 e. The second kappa shape index (κ2) is 6.58. The van der Waals surface area contributed by atoms with Crippen LogP contribution in [0.2, 0.25) is 0 Å². The van der Waals surface area contributed by atoms with Crippen LogP contribution >= 0.6 is 15.9 Å². The third-order valence-corrected chi connectivity index (χ3v) is 3.87. The number of methoxy groups -OCH3 is 1. The van der Waals surface area contributed by atoms with Gasteiger partial charge in [0.1, 0.15) is 11.1 Å². The number of nitrogens with zero attached hydrogens (tertiary/aromatic N) is 1. The molecule has 0 aliphatic rings. The van der Waals surface area contributed by atoms with Crippen molar-refractivity contribution < 1.29 is 14.4 Å². The standard InChI is InChI=1S/C15H14BrNO4/c1-10-6-7-13(14(8-10)20-2)21-9-11-4-3-5-12(15(11)16)17(18)19/h3-8H,9H2,1-2H3. The van der Waals surface area contributed by atoms with E-state index in [-0.39, 0.29) is 12.3 Å². The molecule has 0 bridgehead atoms. The first-order valence-electron chi connectivity index (χ1n) is 6.22. The average Bonchev–Trinajstić information content (AvgIpc) is 2.46. The fraction of sp³-hybridized carbons (Fsp3) is 0.200. The summed E-state index contributed by atoms with van der Waals surface area (Å²) in [5.41, 5.74) is 1.79. The molecule has 0 N–H and O–H groups in total. The second-order valence-corrected chi connectivity index (χ2v) is 5.24. The summed E-state index contributed by atoms with van der Waals surface area (Å²) in [6.07, 6.45) is 0. The van der Waals surface area contributed by atoms with Crippen LogP contribution in [0.3, 0.4) is 0 Å². The topological polar surface area (TPSA) is 61.6 Å². The fourth-order valence-corrected chi connectivity index (χ4v) is 2.39. The second-order valence-electron chi connectivity index (χ2n) is 4.45. The summed E-state index contributed by atoms with van der Waals surface area (Å²) < 4.78 is 11.4. The zero-order chi connectivity index (χ0) is 15.4. The molecular formula is C15H14BrNO4. The van der Waals surface area contributed by atoms with Crippen LogP contribution in [-0.4, -0.2) is 12.0 Å². The molecule has 0 saturated heterocycles. The molecule has 0 heterocycles. The van der Waals surface area contributed by atoms with Crippen LogP contribution in [0.1, 0.15) is 11.1 Å². The van der Waals surface area contributed by atoms with E-state index in [2.05, 4.69) is 15.9 Å². The van der Waals surface area contributed by atoms with Crippen LogP contribution in [0.15, 0.2) is 40.9 Å². The monoisotopic (exact) mass is 351 g/mol. The third-order valence-electron chi connectivity index (χ3n) is 2.96. The van der Waals surface area contributed by atoms with Gasteiger partial charge in [0.05, 0.1) is 12.0 Å². The van der Waals surface area contributed by atoms with Gasteiger partial charge in [-0.3, -0.25) is 10.1 Å². The molecule has 0 unspecified atom stereocenters. The Hall–Kier alpha value is -2.08. The van der Waals surface area contributed by atoms with Crippen molar-refractivity contribution in [1.82, 2.24) is 0 Å². The molecule has 2 rings (SSSR count). The Morgan fingerprint density at radius 1 is 1.24 bits per heavy atom. The van der Waals surface area contributed by atoms with Crippen molar-refractivity contribution >= 4 is 21.6 Å². The molecule has 0 aliphatic heterocycles. The van der Waals surface area contributed by atoms with Gasteiger partial charge in [0, 0.05) is 11.6 Å². The molecule has 6 heteroatoms. The van der Waals surface area contributed by atoms with E-state index in [4.69, 9.17) is 9.47 Å². The lowest BCUT2D eigenvalue weighted by Crippen LogP contribution is -2.00. The molecule has 110 valence electrons. The molecule has 0 aliphatic carbocycles. The summed E-state index contributed by atoms with van der Waals surface area (Å²) in [5, 5.41) is 10.9. The number of aryl methyl sites for hydroxylation is 1. The van der Waals surface area contributed by atoms with Crippen LogP contribution in [0.25, 0.3) is 0 Å². The van der Waals surface area contributed by atoms with E-state index in [1.807, 2.05) is 25.1 Å². The van der Waals surface area contributed by atoms with Gasteiger partial charge >= 0.3 is 0 Å². The molecule has 0 aromatic heterocycles. The Bertz CT molecular complexity index is 673. The van der Waals surface area contributed by atoms with E-state index in [1.54, 1.807) is 19.2 Å². The van der Waals surface area contributed by atoms with E-state index in [0.717, 1.165) is 5.56 Å². The van der Waals surface area contributed by atoms with Gasteiger partial charge in [0.2, 0.25) is 0 Å². The van der Waals surface area contributed by atoms with Crippen molar-refractivity contribution in [3.63, 3.8) is 0 Å². The normalized spacial score (nSPS) is 10.2. The Morgan fingerprint density at radius 2 is 2.00 bits per heavy atom. The number of halogens is 1. The molecule has 21 heavy (non-hydrogen) atoms. The fourth-order valence-electron chi connectivity index (χ4n) is 1.87. The van der Waals surface area contributed by atoms with Crippen LogP contribution in [0.5, 0.6) is 11.5 Å². The molecule has 0 saturated carbocycles. The summed E-state index contributed by atoms with van der Waals surface area (Å²) in [4.78, 5) is 10.5. The quantitative estimate of drug-likeness (QED) is 0.596. The summed E-state index contributed by atoms with van der Waals surface area (Å²) in [6, 6.07) is 10.5. The number of ether oxygens (including phenoxy) is 2. The van der Waals surface area contributed by atoms with Gasteiger partial charge < -0.3 is 9.47 Å². The highest BCUT2D eigenvalue weighted by atomic mass is 79.9. The molecule has 0 spiro atoms. The van der Waals surface area contributed by atoms with E-state index in [0.29, 0.717) is 21.5 Å². The minimum atomic E-state index is -0.431. The number of nitro groups is 1. The predicted molar refractivity (Wildman–Crippen MR) is 82.9 cm³/mol. The summed E-state index contributed by atoms with van der Waals surface area (Å²) in [5.74, 6) is 1.23. The Morgan fingerprint density at radius 3 is 2.67 bits per heavy atom. The molecule has 0 amide bonds. The summed E-state index contributed by atoms with van der Waals surface area (Å²) in [7, 11) is 1.57. The maximum Gasteiger partial charge on any atom is 0.283 e. The Kier molecular flexibility index (Phi) is 4.80. The minimum absolute atomic E-state index is 0.0203.